The fourth-order valence-electron chi connectivity index (χ4n) is 5.07. The Morgan fingerprint density at radius 3 is 1.90 bits per heavy atom. The summed E-state index contributed by atoms with van der Waals surface area (Å²) in [4.78, 5) is 54.8. The van der Waals surface area contributed by atoms with E-state index in [1.165, 1.54) is 76.7 Å². The van der Waals surface area contributed by atoms with Gasteiger partial charge in [0.1, 0.15) is 6.61 Å². The van der Waals surface area contributed by atoms with Crippen LogP contribution in [0.2, 0.25) is 0 Å². The van der Waals surface area contributed by atoms with Gasteiger partial charge < -0.3 is 19.3 Å². The Morgan fingerprint density at radius 2 is 1.26 bits per heavy atom. The Kier molecular flexibility index (Phi) is 32.2. The Labute approximate surface area is 303 Å². The summed E-state index contributed by atoms with van der Waals surface area (Å²) in [7, 11) is -4.81. The van der Waals surface area contributed by atoms with E-state index in [9.17, 15) is 18.9 Å². The Bertz CT molecular complexity index is 1030. The van der Waals surface area contributed by atoms with Crippen molar-refractivity contribution >= 4 is 25.5 Å². The van der Waals surface area contributed by atoms with Crippen molar-refractivity contribution in [3.63, 3.8) is 0 Å². The number of phosphoric acid groups is 1. The number of hydrogen-bond donors (Lipinski definition) is 2. The average molecular weight is 725 g/mol. The number of ether oxygens (including phenoxy) is 2. The zero-order valence-corrected chi connectivity index (χ0v) is 32.3. The highest BCUT2D eigenvalue weighted by Crippen LogP contribution is 2.36. The third kappa shape index (κ3) is 35.5. The normalized spacial score (nSPS) is 13.5. The molecule has 0 aromatic rings. The smallest absolute Gasteiger partial charge is 0.462 e. The number of unbranched alkanes of at least 4 members (excludes halogenated alkanes) is 12. The number of carbonyl (C=O) groups is 3. The molecule has 2 N–H and O–H groups in total. The van der Waals surface area contributed by atoms with E-state index in [0.29, 0.717) is 6.42 Å². The minimum Gasteiger partial charge on any atom is -0.462 e. The van der Waals surface area contributed by atoms with Gasteiger partial charge >= 0.3 is 19.8 Å². The largest absolute Gasteiger partial charge is 0.469 e. The van der Waals surface area contributed by atoms with E-state index >= 15 is 0 Å². The zero-order chi connectivity index (χ0) is 37.1. The van der Waals surface area contributed by atoms with Crippen molar-refractivity contribution in [3.8, 4) is 0 Å². The molecule has 50 heavy (non-hydrogen) atoms. The molecule has 0 bridgehead atoms. The molecule has 0 saturated heterocycles. The molecule has 0 fully saturated rings. The van der Waals surface area contributed by atoms with Crippen LogP contribution in [0.25, 0.3) is 0 Å². The number of ketones is 1. The minimum absolute atomic E-state index is 0.0223. The molecular formula is C40H69O9P. The minimum atomic E-state index is -4.81. The molecule has 288 valence electrons. The maximum absolute atomic E-state index is 12.4. The van der Waals surface area contributed by atoms with Crippen molar-refractivity contribution in [1.29, 1.82) is 0 Å². The van der Waals surface area contributed by atoms with Gasteiger partial charge in [0.15, 0.2) is 11.9 Å². The SMILES string of the molecule is CCCCC/C=C\C/C=C\C/C=C\C=C\C(=O)CCCC(=O)OC[C@H](COP(=O)(O)O)OC(=O)CCCCCCCCCCCCC(C)CC. The van der Waals surface area contributed by atoms with Crippen LogP contribution in [0.5, 0.6) is 0 Å². The first kappa shape index (κ1) is 47.7. The van der Waals surface area contributed by atoms with Crippen molar-refractivity contribution in [3.05, 3.63) is 48.6 Å². The lowest BCUT2D eigenvalue weighted by molar-refractivity contribution is -0.161. The molecule has 0 aliphatic heterocycles. The lowest BCUT2D eigenvalue weighted by Crippen LogP contribution is -2.29. The predicted molar refractivity (Wildman–Crippen MR) is 202 cm³/mol. The van der Waals surface area contributed by atoms with Gasteiger partial charge in [0.05, 0.1) is 6.61 Å². The van der Waals surface area contributed by atoms with Crippen LogP contribution in [0.15, 0.2) is 48.6 Å². The highest BCUT2D eigenvalue weighted by Gasteiger charge is 2.23. The highest BCUT2D eigenvalue weighted by molar-refractivity contribution is 7.46. The second kappa shape index (κ2) is 33.8. The molecule has 9 nitrogen and oxygen atoms in total. The third-order valence-corrected chi connectivity index (χ3v) is 8.85. The van der Waals surface area contributed by atoms with Crippen molar-refractivity contribution in [2.45, 2.75) is 168 Å². The quantitative estimate of drug-likeness (QED) is 0.0166. The van der Waals surface area contributed by atoms with E-state index in [4.69, 9.17) is 19.3 Å². The first-order valence-electron chi connectivity index (χ1n) is 19.3. The molecule has 2 atom stereocenters. The fourth-order valence-corrected chi connectivity index (χ4v) is 5.43. The van der Waals surface area contributed by atoms with Gasteiger partial charge in [-0.3, -0.25) is 18.9 Å². The Morgan fingerprint density at radius 1 is 0.660 bits per heavy atom. The molecule has 1 unspecified atom stereocenters. The van der Waals surface area contributed by atoms with Crippen LogP contribution >= 0.6 is 7.82 Å². The number of phosphoric ester groups is 1. The summed E-state index contributed by atoms with van der Waals surface area (Å²) >= 11 is 0. The molecule has 0 aliphatic rings. The van der Waals surface area contributed by atoms with Crippen LogP contribution < -0.4 is 0 Å². The molecular weight excluding hydrogens is 655 g/mol. The predicted octanol–water partition coefficient (Wildman–Crippen LogP) is 10.6. The summed E-state index contributed by atoms with van der Waals surface area (Å²) in [6, 6.07) is 0. The van der Waals surface area contributed by atoms with Gasteiger partial charge in [-0.15, -0.1) is 0 Å². The van der Waals surface area contributed by atoms with E-state index in [2.05, 4.69) is 49.6 Å². The molecule has 0 spiro atoms. The van der Waals surface area contributed by atoms with Gasteiger partial charge in [0, 0.05) is 19.3 Å². The molecule has 0 amide bonds. The summed E-state index contributed by atoms with van der Waals surface area (Å²) in [5, 5.41) is 0. The van der Waals surface area contributed by atoms with Crippen LogP contribution in [0.4, 0.5) is 0 Å². The van der Waals surface area contributed by atoms with Crippen LogP contribution in [0.1, 0.15) is 162 Å². The third-order valence-electron chi connectivity index (χ3n) is 8.37. The van der Waals surface area contributed by atoms with E-state index in [1.54, 1.807) is 6.08 Å². The molecule has 0 radical (unpaired) electrons. The van der Waals surface area contributed by atoms with E-state index in [-0.39, 0.29) is 31.5 Å². The van der Waals surface area contributed by atoms with E-state index < -0.39 is 39.1 Å². The first-order chi connectivity index (χ1) is 24.1. The van der Waals surface area contributed by atoms with Gasteiger partial charge in [0.25, 0.3) is 0 Å². The summed E-state index contributed by atoms with van der Waals surface area (Å²) in [6.45, 7) is 5.76. The molecule has 0 aromatic heterocycles. The molecule has 0 saturated carbocycles. The zero-order valence-electron chi connectivity index (χ0n) is 31.4. The fraction of sp³-hybridized carbons (Fsp3) is 0.725. The summed E-state index contributed by atoms with van der Waals surface area (Å²) < 4.78 is 26.1. The lowest BCUT2D eigenvalue weighted by atomic mass is 9.99. The van der Waals surface area contributed by atoms with Gasteiger partial charge in [-0.1, -0.05) is 147 Å². The van der Waals surface area contributed by atoms with E-state index in [0.717, 1.165) is 44.4 Å². The second-order valence-corrected chi connectivity index (χ2v) is 14.4. The van der Waals surface area contributed by atoms with Crippen molar-refractivity contribution in [2.24, 2.45) is 5.92 Å². The number of esters is 2. The molecule has 0 aliphatic carbocycles. The van der Waals surface area contributed by atoms with Crippen LogP contribution in [0.3, 0.4) is 0 Å². The standard InChI is InChI=1S/C40H69O9P/c1-4-6-7-8-9-10-11-12-13-17-20-23-26-30-37(41)31-28-33-39(42)47-34-38(35-48-50(44,45)46)49-40(43)32-27-24-21-18-15-14-16-19-22-25-29-36(3)5-2/h9-10,12-13,20,23,26,30,36,38H,4-8,11,14-19,21-22,24-25,27-29,31-35H2,1-3H3,(H2,44,45,46)/b10-9-,13-12-,23-20-,30-26+/t36?,38-/m1/s1. The van der Waals surface area contributed by atoms with Crippen LogP contribution in [-0.2, 0) is 32.9 Å². The molecule has 10 heteroatoms. The van der Waals surface area contributed by atoms with E-state index in [1.807, 2.05) is 12.2 Å². The second-order valence-electron chi connectivity index (χ2n) is 13.2. The number of hydrogen-bond acceptors (Lipinski definition) is 7. The number of rotatable bonds is 34. The Balaban J connectivity index is 4.18. The Hall–Kier alpha value is -2.32. The maximum atomic E-state index is 12.4. The highest BCUT2D eigenvalue weighted by atomic mass is 31.2. The molecule has 0 rings (SSSR count). The van der Waals surface area contributed by atoms with Gasteiger partial charge in [-0.2, -0.15) is 0 Å². The topological polar surface area (TPSA) is 136 Å². The summed E-state index contributed by atoms with van der Waals surface area (Å²) in [5.74, 6) is -0.422. The van der Waals surface area contributed by atoms with Gasteiger partial charge in [0.2, 0.25) is 0 Å². The average Bonchev–Trinajstić information content (AvgIpc) is 3.07. The molecule has 0 heterocycles. The van der Waals surface area contributed by atoms with Crippen molar-refractivity contribution < 1.29 is 42.7 Å². The maximum Gasteiger partial charge on any atom is 0.469 e. The number of carbonyl (C=O) groups excluding carboxylic acids is 3. The van der Waals surface area contributed by atoms with Crippen LogP contribution in [0, 0.1) is 5.92 Å². The summed E-state index contributed by atoms with van der Waals surface area (Å²) in [5.41, 5.74) is 0. The molecule has 0 aromatic carbocycles. The van der Waals surface area contributed by atoms with Crippen LogP contribution in [-0.4, -0.2) is 46.8 Å². The van der Waals surface area contributed by atoms with Crippen molar-refractivity contribution in [1.82, 2.24) is 0 Å². The first-order valence-corrected chi connectivity index (χ1v) is 20.8. The summed E-state index contributed by atoms with van der Waals surface area (Å²) in [6.07, 6.45) is 35.5. The van der Waals surface area contributed by atoms with Gasteiger partial charge in [-0.25, -0.2) is 4.57 Å². The monoisotopic (exact) mass is 724 g/mol. The lowest BCUT2D eigenvalue weighted by Gasteiger charge is -2.18. The van der Waals surface area contributed by atoms with Crippen molar-refractivity contribution in [2.75, 3.05) is 13.2 Å². The number of allylic oxidation sites excluding steroid dienone is 8. The van der Waals surface area contributed by atoms with Gasteiger partial charge in [-0.05, 0) is 50.5 Å².